The van der Waals surface area contributed by atoms with Crippen LogP contribution in [-0.2, 0) is 11.3 Å². The maximum atomic E-state index is 12.1. The van der Waals surface area contributed by atoms with Crippen LogP contribution in [0.5, 0.6) is 5.75 Å². The lowest BCUT2D eigenvalue weighted by Crippen LogP contribution is -2.42. The van der Waals surface area contributed by atoms with Crippen molar-refractivity contribution in [2.75, 3.05) is 19.7 Å². The van der Waals surface area contributed by atoms with Gasteiger partial charge in [-0.05, 0) is 30.2 Å². The molecule has 1 unspecified atom stereocenters. The molecule has 1 aromatic rings. The lowest BCUT2D eigenvalue weighted by Gasteiger charge is -2.30. The van der Waals surface area contributed by atoms with Crippen molar-refractivity contribution in [2.45, 2.75) is 25.4 Å². The average Bonchev–Trinajstić information content (AvgIpc) is 2.61. The first-order valence-electron chi connectivity index (χ1n) is 8.29. The maximum Gasteiger partial charge on any atom is 0.573 e. The molecule has 1 aliphatic heterocycles. The SMILES string of the molecule is FC(F)(F)Oc1ccc(CNC2=CCC([C@H]3CNCCO3)C=C2)cc1. The summed E-state index contributed by atoms with van der Waals surface area (Å²) in [7, 11) is 0. The minimum absolute atomic E-state index is 0.211. The number of hydrogen-bond donors (Lipinski definition) is 2. The quantitative estimate of drug-likeness (QED) is 0.853. The Kier molecular flexibility index (Phi) is 5.65. The van der Waals surface area contributed by atoms with E-state index in [9.17, 15) is 13.2 Å². The molecule has 1 saturated heterocycles. The summed E-state index contributed by atoms with van der Waals surface area (Å²) in [6.45, 7) is 3.06. The number of nitrogens with one attached hydrogen (secondary N) is 2. The summed E-state index contributed by atoms with van der Waals surface area (Å²) in [6, 6.07) is 5.87. The molecule has 2 atom stereocenters. The lowest BCUT2D eigenvalue weighted by atomic mass is 9.93. The third-order valence-electron chi connectivity index (χ3n) is 4.22. The van der Waals surface area contributed by atoms with Gasteiger partial charge in [0, 0.05) is 31.2 Å². The zero-order chi connectivity index (χ0) is 17.7. The fourth-order valence-corrected chi connectivity index (χ4v) is 2.92. The molecule has 0 aromatic heterocycles. The second-order valence-electron chi connectivity index (χ2n) is 6.08. The Morgan fingerprint density at radius 2 is 2.04 bits per heavy atom. The molecule has 0 radical (unpaired) electrons. The topological polar surface area (TPSA) is 42.5 Å². The Balaban J connectivity index is 1.46. The number of rotatable bonds is 5. The first-order chi connectivity index (χ1) is 12.0. The highest BCUT2D eigenvalue weighted by Crippen LogP contribution is 2.24. The molecule has 1 fully saturated rings. The van der Waals surface area contributed by atoms with E-state index in [1.54, 1.807) is 12.1 Å². The van der Waals surface area contributed by atoms with Crippen molar-refractivity contribution in [2.24, 2.45) is 5.92 Å². The van der Waals surface area contributed by atoms with Crippen molar-refractivity contribution in [3.05, 3.63) is 53.8 Å². The number of benzene rings is 1. The van der Waals surface area contributed by atoms with Crippen molar-refractivity contribution in [3.8, 4) is 5.75 Å². The zero-order valence-electron chi connectivity index (χ0n) is 13.7. The van der Waals surface area contributed by atoms with E-state index in [0.29, 0.717) is 12.5 Å². The molecule has 2 aliphatic rings. The maximum absolute atomic E-state index is 12.1. The number of hydrogen-bond acceptors (Lipinski definition) is 4. The molecule has 3 rings (SSSR count). The van der Waals surface area contributed by atoms with Crippen LogP contribution in [0.15, 0.2) is 48.2 Å². The standard InChI is InChI=1S/C18H21F3N2O2/c19-18(20,21)25-16-7-1-13(2-8-16)11-23-15-5-3-14(4-6-15)17-12-22-9-10-24-17/h1-3,5-8,14,17,22-23H,4,9-12H2/t14?,17-/m1/s1. The van der Waals surface area contributed by atoms with Crippen LogP contribution in [0.25, 0.3) is 0 Å². The van der Waals surface area contributed by atoms with Gasteiger partial charge in [0.15, 0.2) is 0 Å². The molecule has 1 aliphatic carbocycles. The fraction of sp³-hybridized carbons (Fsp3) is 0.444. The molecule has 0 saturated carbocycles. The predicted octanol–water partition coefficient (Wildman–Crippen LogP) is 3.12. The average molecular weight is 354 g/mol. The van der Waals surface area contributed by atoms with Crippen molar-refractivity contribution in [1.82, 2.24) is 10.6 Å². The van der Waals surface area contributed by atoms with E-state index in [1.165, 1.54) is 12.1 Å². The molecule has 1 heterocycles. The Morgan fingerprint density at radius 3 is 2.64 bits per heavy atom. The third-order valence-corrected chi connectivity index (χ3v) is 4.22. The van der Waals surface area contributed by atoms with Crippen molar-refractivity contribution in [1.29, 1.82) is 0 Å². The molecule has 0 bridgehead atoms. The lowest BCUT2D eigenvalue weighted by molar-refractivity contribution is -0.274. The van der Waals surface area contributed by atoms with E-state index in [-0.39, 0.29) is 11.9 Å². The fourth-order valence-electron chi connectivity index (χ4n) is 2.92. The van der Waals surface area contributed by atoms with Crippen molar-refractivity contribution >= 4 is 0 Å². The summed E-state index contributed by atoms with van der Waals surface area (Å²) in [6.07, 6.45) is 2.77. The van der Waals surface area contributed by atoms with Crippen LogP contribution in [0.2, 0.25) is 0 Å². The molecule has 1 aromatic carbocycles. The molecule has 0 spiro atoms. The third kappa shape index (κ3) is 5.51. The molecule has 0 amide bonds. The highest BCUT2D eigenvalue weighted by atomic mass is 19.4. The Bertz CT molecular complexity index is 620. The summed E-state index contributed by atoms with van der Waals surface area (Å²) in [4.78, 5) is 0. The summed E-state index contributed by atoms with van der Waals surface area (Å²) in [5.74, 6) is 0.161. The van der Waals surface area contributed by atoms with Crippen LogP contribution < -0.4 is 15.4 Å². The van der Waals surface area contributed by atoms with Gasteiger partial charge >= 0.3 is 6.36 Å². The normalized spacial score (nSPS) is 23.9. The first-order valence-corrected chi connectivity index (χ1v) is 8.29. The van der Waals surface area contributed by atoms with Gasteiger partial charge in [0.1, 0.15) is 5.75 Å². The van der Waals surface area contributed by atoms with Gasteiger partial charge in [0.2, 0.25) is 0 Å². The van der Waals surface area contributed by atoms with E-state index >= 15 is 0 Å². The van der Waals surface area contributed by atoms with Gasteiger partial charge in [0.25, 0.3) is 0 Å². The smallest absolute Gasteiger partial charge is 0.406 e. The van der Waals surface area contributed by atoms with E-state index in [1.807, 2.05) is 6.08 Å². The van der Waals surface area contributed by atoms with Crippen molar-refractivity contribution < 1.29 is 22.6 Å². The Morgan fingerprint density at radius 1 is 1.24 bits per heavy atom. The van der Waals surface area contributed by atoms with E-state index in [2.05, 4.69) is 27.5 Å². The molecule has 4 nitrogen and oxygen atoms in total. The Labute approximate surface area is 144 Å². The molecule has 7 heteroatoms. The van der Waals surface area contributed by atoms with E-state index < -0.39 is 6.36 Å². The first kappa shape index (κ1) is 17.8. The van der Waals surface area contributed by atoms with Gasteiger partial charge in [-0.15, -0.1) is 13.2 Å². The second-order valence-corrected chi connectivity index (χ2v) is 6.08. The van der Waals surface area contributed by atoms with Gasteiger partial charge in [-0.1, -0.05) is 24.3 Å². The van der Waals surface area contributed by atoms with Crippen LogP contribution >= 0.6 is 0 Å². The summed E-state index contributed by atoms with van der Waals surface area (Å²) < 4.78 is 46.0. The molecule has 2 N–H and O–H groups in total. The van der Waals surface area contributed by atoms with Crippen LogP contribution in [-0.4, -0.2) is 32.2 Å². The molecule has 136 valence electrons. The van der Waals surface area contributed by atoms with Gasteiger partial charge in [0.05, 0.1) is 12.7 Å². The molecular weight excluding hydrogens is 333 g/mol. The van der Waals surface area contributed by atoms with Gasteiger partial charge in [-0.25, -0.2) is 0 Å². The predicted molar refractivity (Wildman–Crippen MR) is 87.9 cm³/mol. The number of morpholine rings is 1. The molecule has 25 heavy (non-hydrogen) atoms. The van der Waals surface area contributed by atoms with Gasteiger partial charge in [-0.3, -0.25) is 0 Å². The zero-order valence-corrected chi connectivity index (χ0v) is 13.7. The van der Waals surface area contributed by atoms with Crippen LogP contribution in [0.3, 0.4) is 0 Å². The number of alkyl halides is 3. The molecular formula is C18H21F3N2O2. The van der Waals surface area contributed by atoms with E-state index in [4.69, 9.17) is 4.74 Å². The van der Waals surface area contributed by atoms with Crippen LogP contribution in [0.1, 0.15) is 12.0 Å². The van der Waals surface area contributed by atoms with E-state index in [0.717, 1.165) is 37.4 Å². The monoisotopic (exact) mass is 354 g/mol. The summed E-state index contributed by atoms with van der Waals surface area (Å²) >= 11 is 0. The highest BCUT2D eigenvalue weighted by Gasteiger charge is 2.31. The number of halogens is 3. The van der Waals surface area contributed by atoms with Crippen LogP contribution in [0, 0.1) is 5.92 Å². The highest BCUT2D eigenvalue weighted by molar-refractivity contribution is 5.29. The Hall–Kier alpha value is -1.99. The summed E-state index contributed by atoms with van der Waals surface area (Å²) in [5, 5.41) is 6.62. The number of ether oxygens (including phenoxy) is 2. The minimum Gasteiger partial charge on any atom is -0.406 e. The van der Waals surface area contributed by atoms with Crippen molar-refractivity contribution in [3.63, 3.8) is 0 Å². The van der Waals surface area contributed by atoms with Gasteiger partial charge in [-0.2, -0.15) is 0 Å². The second kappa shape index (κ2) is 7.93. The number of allylic oxidation sites excluding steroid dienone is 2. The largest absolute Gasteiger partial charge is 0.573 e. The van der Waals surface area contributed by atoms with Gasteiger partial charge < -0.3 is 20.1 Å². The summed E-state index contributed by atoms with van der Waals surface area (Å²) in [5.41, 5.74) is 1.89. The minimum atomic E-state index is -4.66. The van der Waals surface area contributed by atoms with Crippen LogP contribution in [0.4, 0.5) is 13.2 Å².